The molecule has 21 heavy (non-hydrogen) atoms. The van der Waals surface area contributed by atoms with Crippen LogP contribution in [0.15, 0.2) is 6.07 Å². The van der Waals surface area contributed by atoms with Crippen molar-refractivity contribution in [1.29, 1.82) is 0 Å². The normalized spacial score (nSPS) is 16.1. The first kappa shape index (κ1) is 16.0. The van der Waals surface area contributed by atoms with E-state index in [1.165, 1.54) is 32.1 Å². The van der Waals surface area contributed by atoms with E-state index in [1.54, 1.807) is 4.68 Å². The van der Waals surface area contributed by atoms with Crippen molar-refractivity contribution in [2.75, 3.05) is 13.2 Å². The third-order valence-corrected chi connectivity index (χ3v) is 3.95. The zero-order chi connectivity index (χ0) is 15.1. The number of nitrogens with one attached hydrogen (secondary N) is 1. The second-order valence-corrected chi connectivity index (χ2v) is 5.92. The first-order valence-electron chi connectivity index (χ1n) is 8.04. The van der Waals surface area contributed by atoms with E-state index in [-0.39, 0.29) is 5.91 Å². The van der Waals surface area contributed by atoms with E-state index < -0.39 is 0 Å². The summed E-state index contributed by atoms with van der Waals surface area (Å²) in [7, 11) is 0. The molecule has 0 aliphatic heterocycles. The molecule has 1 heterocycles. The fourth-order valence-electron chi connectivity index (χ4n) is 2.81. The molecular formula is C16H27N3O2. The van der Waals surface area contributed by atoms with Gasteiger partial charge in [-0.2, -0.15) is 5.10 Å². The number of rotatable bonds is 7. The number of carbonyl (C=O) groups excluding carboxylic acids is 1. The fraction of sp³-hybridized carbons (Fsp3) is 0.750. The second-order valence-electron chi connectivity index (χ2n) is 5.92. The summed E-state index contributed by atoms with van der Waals surface area (Å²) in [4.78, 5) is 11.8. The summed E-state index contributed by atoms with van der Waals surface area (Å²) in [5.74, 6) is 0.0128. The minimum Gasteiger partial charge on any atom is -0.378 e. The van der Waals surface area contributed by atoms with Crippen LogP contribution in [-0.2, 0) is 16.1 Å². The summed E-state index contributed by atoms with van der Waals surface area (Å²) in [6.07, 6.45) is 7.66. The van der Waals surface area contributed by atoms with Crippen molar-refractivity contribution in [1.82, 2.24) is 15.1 Å². The Morgan fingerprint density at radius 2 is 2.14 bits per heavy atom. The maximum Gasteiger partial charge on any atom is 0.241 e. The van der Waals surface area contributed by atoms with Gasteiger partial charge in [0.2, 0.25) is 5.91 Å². The Balaban J connectivity index is 1.55. The zero-order valence-electron chi connectivity index (χ0n) is 13.2. The summed E-state index contributed by atoms with van der Waals surface area (Å²) in [5, 5.41) is 7.21. The summed E-state index contributed by atoms with van der Waals surface area (Å²) in [5.41, 5.74) is 1.96. The van der Waals surface area contributed by atoms with E-state index in [9.17, 15) is 4.79 Å². The van der Waals surface area contributed by atoms with Crippen LogP contribution in [0.4, 0.5) is 0 Å². The quantitative estimate of drug-likeness (QED) is 0.785. The topological polar surface area (TPSA) is 56.2 Å². The second kappa shape index (κ2) is 8.17. The maximum absolute atomic E-state index is 11.8. The molecule has 1 aliphatic rings. The molecule has 1 fully saturated rings. The molecular weight excluding hydrogens is 266 g/mol. The van der Waals surface area contributed by atoms with Crippen LogP contribution in [-0.4, -0.2) is 34.9 Å². The molecule has 1 N–H and O–H groups in total. The molecule has 1 amide bonds. The fourth-order valence-corrected chi connectivity index (χ4v) is 2.81. The van der Waals surface area contributed by atoms with Crippen LogP contribution < -0.4 is 5.32 Å². The number of hydrogen-bond acceptors (Lipinski definition) is 3. The molecule has 0 radical (unpaired) electrons. The number of carbonyl (C=O) groups is 1. The van der Waals surface area contributed by atoms with E-state index in [2.05, 4.69) is 10.4 Å². The van der Waals surface area contributed by atoms with Crippen LogP contribution in [0.25, 0.3) is 0 Å². The number of amides is 1. The molecule has 0 saturated heterocycles. The molecule has 1 aromatic heterocycles. The zero-order valence-corrected chi connectivity index (χ0v) is 13.2. The number of aromatic nitrogens is 2. The van der Waals surface area contributed by atoms with Crippen LogP contribution in [0.5, 0.6) is 0 Å². The van der Waals surface area contributed by atoms with Crippen LogP contribution in [0, 0.1) is 13.8 Å². The van der Waals surface area contributed by atoms with Crippen molar-refractivity contribution in [2.24, 2.45) is 0 Å². The van der Waals surface area contributed by atoms with Crippen molar-refractivity contribution in [3.8, 4) is 0 Å². The van der Waals surface area contributed by atoms with E-state index >= 15 is 0 Å². The Kier molecular flexibility index (Phi) is 6.23. The average Bonchev–Trinajstić information content (AvgIpc) is 2.77. The van der Waals surface area contributed by atoms with E-state index in [0.717, 1.165) is 24.4 Å². The SMILES string of the molecule is Cc1cc(C)n(CC(=O)NCCCOC2CCCCC2)n1. The van der Waals surface area contributed by atoms with Crippen LogP contribution >= 0.6 is 0 Å². The van der Waals surface area contributed by atoms with Gasteiger partial charge in [0.15, 0.2) is 0 Å². The molecule has 1 aliphatic carbocycles. The van der Waals surface area contributed by atoms with E-state index in [1.807, 2.05) is 19.9 Å². The molecule has 1 aromatic rings. The third-order valence-electron chi connectivity index (χ3n) is 3.95. The van der Waals surface area contributed by atoms with Crippen LogP contribution in [0.1, 0.15) is 49.9 Å². The van der Waals surface area contributed by atoms with Crippen molar-refractivity contribution in [3.05, 3.63) is 17.5 Å². The summed E-state index contributed by atoms with van der Waals surface area (Å²) >= 11 is 0. The van der Waals surface area contributed by atoms with Crippen LogP contribution in [0.3, 0.4) is 0 Å². The predicted molar refractivity (Wildman–Crippen MR) is 82.2 cm³/mol. The molecule has 0 bridgehead atoms. The van der Waals surface area contributed by atoms with E-state index in [4.69, 9.17) is 4.74 Å². The van der Waals surface area contributed by atoms with Gasteiger partial charge in [-0.1, -0.05) is 19.3 Å². The summed E-state index contributed by atoms with van der Waals surface area (Å²) in [6, 6.07) is 1.98. The van der Waals surface area contributed by atoms with Gasteiger partial charge in [-0.05, 0) is 39.2 Å². The Bertz CT molecular complexity index is 450. The van der Waals surface area contributed by atoms with Gasteiger partial charge in [0.25, 0.3) is 0 Å². The third kappa shape index (κ3) is 5.50. The molecule has 5 nitrogen and oxygen atoms in total. The van der Waals surface area contributed by atoms with Gasteiger partial charge in [0.1, 0.15) is 6.54 Å². The minimum atomic E-state index is 0.0128. The highest BCUT2D eigenvalue weighted by atomic mass is 16.5. The highest BCUT2D eigenvalue weighted by Crippen LogP contribution is 2.20. The largest absolute Gasteiger partial charge is 0.378 e. The number of nitrogens with zero attached hydrogens (tertiary/aromatic N) is 2. The summed E-state index contributed by atoms with van der Waals surface area (Å²) < 4.78 is 7.58. The molecule has 5 heteroatoms. The molecule has 0 spiro atoms. The Hall–Kier alpha value is -1.36. The smallest absolute Gasteiger partial charge is 0.241 e. The van der Waals surface area contributed by atoms with Gasteiger partial charge >= 0.3 is 0 Å². The average molecular weight is 293 g/mol. The Morgan fingerprint density at radius 1 is 1.38 bits per heavy atom. The van der Waals surface area contributed by atoms with Gasteiger partial charge in [0.05, 0.1) is 11.8 Å². The first-order chi connectivity index (χ1) is 10.1. The van der Waals surface area contributed by atoms with Gasteiger partial charge in [-0.3, -0.25) is 9.48 Å². The van der Waals surface area contributed by atoms with Crippen molar-refractivity contribution >= 4 is 5.91 Å². The molecule has 118 valence electrons. The summed E-state index contributed by atoms with van der Waals surface area (Å²) in [6.45, 7) is 5.61. The predicted octanol–water partition coefficient (Wildman–Crippen LogP) is 2.36. The lowest BCUT2D eigenvalue weighted by Gasteiger charge is -2.21. The first-order valence-corrected chi connectivity index (χ1v) is 8.04. The lowest BCUT2D eigenvalue weighted by Crippen LogP contribution is -2.30. The number of ether oxygens (including phenoxy) is 1. The van der Waals surface area contributed by atoms with Crippen LogP contribution in [0.2, 0.25) is 0 Å². The number of aryl methyl sites for hydroxylation is 2. The van der Waals surface area contributed by atoms with Gasteiger partial charge < -0.3 is 10.1 Å². The highest BCUT2D eigenvalue weighted by molar-refractivity contribution is 5.75. The lowest BCUT2D eigenvalue weighted by molar-refractivity contribution is -0.121. The molecule has 0 aromatic carbocycles. The molecule has 0 atom stereocenters. The number of hydrogen-bond donors (Lipinski definition) is 1. The van der Waals surface area contributed by atoms with Gasteiger partial charge in [0, 0.05) is 18.8 Å². The standard InChI is InChI=1S/C16H27N3O2/c1-13-11-14(2)19(18-13)12-16(20)17-9-6-10-21-15-7-4-3-5-8-15/h11,15H,3-10,12H2,1-2H3,(H,17,20). The van der Waals surface area contributed by atoms with E-state index in [0.29, 0.717) is 19.2 Å². The Morgan fingerprint density at radius 3 is 2.81 bits per heavy atom. The van der Waals surface area contributed by atoms with Crippen molar-refractivity contribution in [2.45, 2.75) is 65.0 Å². The van der Waals surface area contributed by atoms with Gasteiger partial charge in [-0.15, -0.1) is 0 Å². The maximum atomic E-state index is 11.8. The monoisotopic (exact) mass is 293 g/mol. The minimum absolute atomic E-state index is 0.0128. The van der Waals surface area contributed by atoms with Gasteiger partial charge in [-0.25, -0.2) is 0 Å². The highest BCUT2D eigenvalue weighted by Gasteiger charge is 2.13. The molecule has 0 unspecified atom stereocenters. The van der Waals surface area contributed by atoms with Crippen molar-refractivity contribution < 1.29 is 9.53 Å². The Labute approximate surface area is 127 Å². The van der Waals surface area contributed by atoms with Crippen molar-refractivity contribution in [3.63, 3.8) is 0 Å². The lowest BCUT2D eigenvalue weighted by atomic mass is 9.98. The molecule has 2 rings (SSSR count). The molecule has 1 saturated carbocycles.